The van der Waals surface area contributed by atoms with Crippen molar-refractivity contribution < 1.29 is 0 Å². The third-order valence-corrected chi connectivity index (χ3v) is 3.79. The number of rotatable bonds is 2. The maximum atomic E-state index is 5.85. The highest BCUT2D eigenvalue weighted by atomic mass is 35.5. The first-order valence-corrected chi connectivity index (χ1v) is 6.05. The Labute approximate surface area is 75.9 Å². The molecule has 1 rings (SSSR count). The van der Waals surface area contributed by atoms with Gasteiger partial charge in [0.15, 0.2) is 0 Å². The zero-order chi connectivity index (χ0) is 7.40. The Morgan fingerprint density at radius 1 is 1.50 bits per heavy atom. The second-order valence-corrected chi connectivity index (χ2v) is 5.44. The van der Waals surface area contributed by atoms with Crippen LogP contribution >= 0.6 is 35.1 Å². The summed E-state index contributed by atoms with van der Waals surface area (Å²) >= 11 is 9.80. The van der Waals surface area contributed by atoms with E-state index in [0.717, 1.165) is 18.3 Å². The highest BCUT2D eigenvalue weighted by molar-refractivity contribution is 8.16. The lowest BCUT2D eigenvalue weighted by Gasteiger charge is -2.26. The number of halogens is 1. The molecule has 1 fully saturated rings. The molecule has 0 aromatic heterocycles. The highest BCUT2D eigenvalue weighted by Crippen LogP contribution is 2.21. The van der Waals surface area contributed by atoms with Gasteiger partial charge in [0.1, 0.15) is 0 Å². The van der Waals surface area contributed by atoms with Gasteiger partial charge in [-0.2, -0.15) is 0 Å². The number of thioether (sulfide) groups is 2. The van der Waals surface area contributed by atoms with Crippen LogP contribution in [0, 0.1) is 0 Å². The summed E-state index contributed by atoms with van der Waals surface area (Å²) < 4.78 is 0. The van der Waals surface area contributed by atoms with Crippen LogP contribution in [0.5, 0.6) is 0 Å². The van der Waals surface area contributed by atoms with Crippen molar-refractivity contribution in [3.8, 4) is 0 Å². The van der Waals surface area contributed by atoms with Crippen LogP contribution < -0.4 is 0 Å². The molecule has 0 amide bonds. The van der Waals surface area contributed by atoms with Gasteiger partial charge < -0.3 is 0 Å². The summed E-state index contributed by atoms with van der Waals surface area (Å²) in [7, 11) is 0. The van der Waals surface area contributed by atoms with Crippen LogP contribution in [-0.2, 0) is 0 Å². The summed E-state index contributed by atoms with van der Waals surface area (Å²) in [4.78, 5) is 2.39. The van der Waals surface area contributed by atoms with Crippen molar-refractivity contribution in [3.05, 3.63) is 0 Å². The van der Waals surface area contributed by atoms with Crippen molar-refractivity contribution in [2.24, 2.45) is 0 Å². The van der Waals surface area contributed by atoms with Gasteiger partial charge in [-0.25, -0.2) is 0 Å². The molecule has 0 aromatic carbocycles. The molecule has 1 atom stereocenters. The van der Waals surface area contributed by atoms with Crippen LogP contribution in [0.15, 0.2) is 0 Å². The molecule has 0 unspecified atom stereocenters. The van der Waals surface area contributed by atoms with Crippen LogP contribution in [0.1, 0.15) is 6.92 Å². The minimum absolute atomic E-state index is 0.291. The van der Waals surface area contributed by atoms with E-state index in [9.17, 15) is 0 Å². The average Bonchev–Trinajstić information content (AvgIpc) is 1.88. The molecule has 0 aromatic rings. The van der Waals surface area contributed by atoms with Gasteiger partial charge in [-0.3, -0.25) is 4.90 Å². The lowest BCUT2D eigenvalue weighted by atomic mass is 10.4. The van der Waals surface area contributed by atoms with E-state index in [0.29, 0.717) is 5.38 Å². The molecule has 4 heteroatoms. The Bertz CT molecular complexity index is 93.7. The van der Waals surface area contributed by atoms with Crippen molar-refractivity contribution in [2.45, 2.75) is 12.3 Å². The second kappa shape index (κ2) is 4.75. The third kappa shape index (κ3) is 3.37. The fourth-order valence-corrected chi connectivity index (χ4v) is 3.18. The SMILES string of the molecule is C[C@H](Cl)CN1CSCSC1. The standard InChI is InChI=1S/C6H12ClNS2/c1-6(7)2-8-3-9-5-10-4-8/h6H,2-5H2,1H3/t6-/m0/s1. The van der Waals surface area contributed by atoms with Crippen molar-refractivity contribution in [1.82, 2.24) is 4.90 Å². The number of nitrogens with zero attached hydrogens (tertiary/aromatic N) is 1. The van der Waals surface area contributed by atoms with Gasteiger partial charge >= 0.3 is 0 Å². The summed E-state index contributed by atoms with van der Waals surface area (Å²) in [6.45, 7) is 3.08. The summed E-state index contributed by atoms with van der Waals surface area (Å²) in [6, 6.07) is 0. The van der Waals surface area contributed by atoms with E-state index in [1.807, 2.05) is 30.4 Å². The van der Waals surface area contributed by atoms with Gasteiger partial charge in [-0.15, -0.1) is 35.1 Å². The quantitative estimate of drug-likeness (QED) is 0.626. The Kier molecular flexibility index (Phi) is 4.30. The zero-order valence-electron chi connectivity index (χ0n) is 6.05. The Hall–Kier alpha value is 0.950. The van der Waals surface area contributed by atoms with Crippen molar-refractivity contribution in [2.75, 3.05) is 23.4 Å². The van der Waals surface area contributed by atoms with Gasteiger partial charge in [-0.1, -0.05) is 0 Å². The molecule has 1 aliphatic rings. The first kappa shape index (κ1) is 9.04. The largest absolute Gasteiger partial charge is 0.283 e. The topological polar surface area (TPSA) is 3.24 Å². The minimum atomic E-state index is 0.291. The van der Waals surface area contributed by atoms with Crippen LogP contribution in [0.25, 0.3) is 0 Å². The number of alkyl halides is 1. The molecule has 0 saturated carbocycles. The van der Waals surface area contributed by atoms with Crippen LogP contribution in [0.3, 0.4) is 0 Å². The van der Waals surface area contributed by atoms with Gasteiger partial charge in [-0.05, 0) is 6.92 Å². The van der Waals surface area contributed by atoms with E-state index >= 15 is 0 Å². The lowest BCUT2D eigenvalue weighted by Crippen LogP contribution is -2.30. The van der Waals surface area contributed by atoms with Crippen molar-refractivity contribution >= 4 is 35.1 Å². The molecule has 10 heavy (non-hydrogen) atoms. The Morgan fingerprint density at radius 2 is 2.10 bits per heavy atom. The van der Waals surface area contributed by atoms with Crippen molar-refractivity contribution in [3.63, 3.8) is 0 Å². The third-order valence-electron chi connectivity index (χ3n) is 1.22. The Morgan fingerprint density at radius 3 is 2.60 bits per heavy atom. The first-order chi connectivity index (χ1) is 4.79. The van der Waals surface area contributed by atoms with E-state index < -0.39 is 0 Å². The monoisotopic (exact) mass is 197 g/mol. The molecule has 1 nitrogen and oxygen atoms in total. The fraction of sp³-hybridized carbons (Fsp3) is 1.00. The number of hydrogen-bond acceptors (Lipinski definition) is 3. The van der Waals surface area contributed by atoms with Crippen LogP contribution in [-0.4, -0.2) is 33.7 Å². The van der Waals surface area contributed by atoms with E-state index in [1.54, 1.807) is 0 Å². The fourth-order valence-electron chi connectivity index (χ4n) is 0.890. The molecule has 1 heterocycles. The van der Waals surface area contributed by atoms with Crippen LogP contribution in [0.4, 0.5) is 0 Å². The second-order valence-electron chi connectivity index (χ2n) is 2.42. The molecule has 0 radical (unpaired) electrons. The zero-order valence-corrected chi connectivity index (χ0v) is 8.44. The highest BCUT2D eigenvalue weighted by Gasteiger charge is 2.11. The summed E-state index contributed by atoms with van der Waals surface area (Å²) in [5.41, 5.74) is 0. The lowest BCUT2D eigenvalue weighted by molar-refractivity contribution is 0.379. The summed E-state index contributed by atoms with van der Waals surface area (Å²) in [5, 5.41) is 1.53. The van der Waals surface area contributed by atoms with E-state index in [2.05, 4.69) is 4.90 Å². The first-order valence-electron chi connectivity index (χ1n) is 3.31. The molecular formula is C6H12ClNS2. The van der Waals surface area contributed by atoms with E-state index in [4.69, 9.17) is 11.6 Å². The smallest absolute Gasteiger partial charge is 0.0461 e. The molecule has 0 N–H and O–H groups in total. The molecular weight excluding hydrogens is 186 g/mol. The minimum Gasteiger partial charge on any atom is -0.283 e. The predicted octanol–water partition coefficient (Wildman–Crippen LogP) is 2.27. The van der Waals surface area contributed by atoms with E-state index in [-0.39, 0.29) is 0 Å². The maximum Gasteiger partial charge on any atom is 0.0461 e. The van der Waals surface area contributed by atoms with Crippen molar-refractivity contribution in [1.29, 1.82) is 0 Å². The summed E-state index contributed by atoms with van der Waals surface area (Å²) in [6.07, 6.45) is 0. The normalized spacial score (nSPS) is 24.6. The van der Waals surface area contributed by atoms with Gasteiger partial charge in [0.2, 0.25) is 0 Å². The maximum absolute atomic E-state index is 5.85. The van der Waals surface area contributed by atoms with Gasteiger partial charge in [0.25, 0.3) is 0 Å². The average molecular weight is 198 g/mol. The molecule has 0 aliphatic carbocycles. The summed E-state index contributed by atoms with van der Waals surface area (Å²) in [5.74, 6) is 2.31. The van der Waals surface area contributed by atoms with Gasteiger partial charge in [0.05, 0.1) is 0 Å². The number of hydrogen-bond donors (Lipinski definition) is 0. The predicted molar refractivity (Wildman–Crippen MR) is 51.8 cm³/mol. The van der Waals surface area contributed by atoms with Crippen LogP contribution in [0.2, 0.25) is 0 Å². The Balaban J connectivity index is 2.13. The molecule has 1 saturated heterocycles. The molecule has 60 valence electrons. The molecule has 1 aliphatic heterocycles. The van der Waals surface area contributed by atoms with E-state index in [1.165, 1.54) is 5.08 Å². The van der Waals surface area contributed by atoms with Gasteiger partial charge in [0, 0.05) is 28.8 Å². The molecule has 0 spiro atoms. The molecule has 0 bridgehead atoms.